The number of likely N-dealkylation sites (tertiary alicyclic amines) is 1. The highest BCUT2D eigenvalue weighted by atomic mass is 32.1. The van der Waals surface area contributed by atoms with E-state index in [9.17, 15) is 22.8 Å². The van der Waals surface area contributed by atoms with Crippen molar-refractivity contribution < 1.29 is 18.0 Å². The predicted octanol–water partition coefficient (Wildman–Crippen LogP) is 2.15. The average molecular weight is 389 g/mol. The fourth-order valence-electron chi connectivity index (χ4n) is 3.13. The molecule has 3 rings (SSSR count). The average Bonchev–Trinajstić information content (AvgIpc) is 3.06. The standard InChI is InChI=1S/C15H18F3N5O2S/c1-8-11(26-9(2)19-8)12(24)22-6-4-10(5-7-22)23-14(25)21(3)13(20-23)15(16,17)18/h10H,4-7H2,1-3H3. The van der Waals surface area contributed by atoms with Gasteiger partial charge < -0.3 is 4.90 Å². The Morgan fingerprint density at radius 1 is 1.23 bits per heavy atom. The molecule has 0 aliphatic carbocycles. The van der Waals surface area contributed by atoms with Crippen LogP contribution < -0.4 is 5.69 Å². The lowest BCUT2D eigenvalue weighted by atomic mass is 10.1. The van der Waals surface area contributed by atoms with E-state index < -0.39 is 23.7 Å². The number of piperidine rings is 1. The zero-order valence-corrected chi connectivity index (χ0v) is 15.3. The number of halogens is 3. The lowest BCUT2D eigenvalue weighted by Gasteiger charge is -2.31. The largest absolute Gasteiger partial charge is 0.451 e. The van der Waals surface area contributed by atoms with Gasteiger partial charge in [-0.2, -0.15) is 13.2 Å². The van der Waals surface area contributed by atoms with Gasteiger partial charge in [0, 0.05) is 20.1 Å². The number of carbonyl (C=O) groups is 1. The van der Waals surface area contributed by atoms with E-state index in [0.717, 1.165) is 16.7 Å². The monoisotopic (exact) mass is 389 g/mol. The van der Waals surface area contributed by atoms with Crippen LogP contribution in [0.2, 0.25) is 0 Å². The first kappa shape index (κ1) is 18.6. The molecule has 0 spiro atoms. The Morgan fingerprint density at radius 3 is 2.31 bits per heavy atom. The number of nitrogens with zero attached hydrogens (tertiary/aromatic N) is 5. The summed E-state index contributed by atoms with van der Waals surface area (Å²) in [5.74, 6) is -1.34. The Kier molecular flexibility index (Phi) is 4.67. The molecule has 0 atom stereocenters. The minimum absolute atomic E-state index is 0.129. The van der Waals surface area contributed by atoms with Gasteiger partial charge in [-0.05, 0) is 26.7 Å². The van der Waals surface area contributed by atoms with E-state index in [1.54, 1.807) is 11.8 Å². The summed E-state index contributed by atoms with van der Waals surface area (Å²) < 4.78 is 40.1. The number of thiazole rings is 1. The maximum atomic E-state index is 12.9. The molecular formula is C15H18F3N5O2S. The Hall–Kier alpha value is -2.17. The summed E-state index contributed by atoms with van der Waals surface area (Å²) in [6.45, 7) is 4.30. The molecule has 1 fully saturated rings. The Morgan fingerprint density at radius 2 is 1.85 bits per heavy atom. The molecule has 0 radical (unpaired) electrons. The van der Waals surface area contributed by atoms with Gasteiger partial charge in [0.2, 0.25) is 5.82 Å². The van der Waals surface area contributed by atoms with Gasteiger partial charge in [0.25, 0.3) is 5.91 Å². The zero-order chi connectivity index (χ0) is 19.2. The highest BCUT2D eigenvalue weighted by molar-refractivity contribution is 7.13. The number of aromatic nitrogens is 4. The first-order valence-electron chi connectivity index (χ1n) is 8.05. The number of alkyl halides is 3. The molecule has 3 heterocycles. The van der Waals surface area contributed by atoms with Crippen LogP contribution in [0.25, 0.3) is 0 Å². The number of hydrogen-bond acceptors (Lipinski definition) is 5. The van der Waals surface area contributed by atoms with Crippen LogP contribution >= 0.6 is 11.3 Å². The van der Waals surface area contributed by atoms with E-state index in [1.165, 1.54) is 11.3 Å². The predicted molar refractivity (Wildman–Crippen MR) is 88.2 cm³/mol. The molecule has 1 amide bonds. The van der Waals surface area contributed by atoms with Crippen LogP contribution in [0.1, 0.15) is 45.1 Å². The first-order chi connectivity index (χ1) is 12.1. The van der Waals surface area contributed by atoms with Crippen LogP contribution in [0.4, 0.5) is 13.2 Å². The van der Waals surface area contributed by atoms with Crippen molar-refractivity contribution in [2.24, 2.45) is 7.05 Å². The van der Waals surface area contributed by atoms with Crippen LogP contribution in [0.15, 0.2) is 4.79 Å². The van der Waals surface area contributed by atoms with Crippen LogP contribution in [0, 0.1) is 13.8 Å². The van der Waals surface area contributed by atoms with Gasteiger partial charge in [-0.3, -0.25) is 9.36 Å². The molecular weight excluding hydrogens is 371 g/mol. The van der Waals surface area contributed by atoms with Crippen molar-refractivity contribution in [2.45, 2.75) is 38.9 Å². The van der Waals surface area contributed by atoms with Crippen molar-refractivity contribution in [1.29, 1.82) is 0 Å². The summed E-state index contributed by atoms with van der Waals surface area (Å²) in [7, 11) is 1.06. The Balaban J connectivity index is 1.74. The molecule has 11 heteroatoms. The maximum absolute atomic E-state index is 12.9. The molecule has 26 heavy (non-hydrogen) atoms. The summed E-state index contributed by atoms with van der Waals surface area (Å²) >= 11 is 1.33. The lowest BCUT2D eigenvalue weighted by molar-refractivity contribution is -0.147. The topological polar surface area (TPSA) is 73.0 Å². The van der Waals surface area contributed by atoms with E-state index in [-0.39, 0.29) is 5.91 Å². The van der Waals surface area contributed by atoms with E-state index >= 15 is 0 Å². The molecule has 142 valence electrons. The molecule has 2 aromatic rings. The summed E-state index contributed by atoms with van der Waals surface area (Å²) in [6, 6.07) is -0.460. The second-order valence-electron chi connectivity index (χ2n) is 6.28. The molecule has 1 aliphatic rings. The summed E-state index contributed by atoms with van der Waals surface area (Å²) in [5.41, 5.74) is -0.119. The van der Waals surface area contributed by atoms with Gasteiger partial charge in [0.15, 0.2) is 0 Å². The molecule has 1 saturated heterocycles. The molecule has 0 aromatic carbocycles. The van der Waals surface area contributed by atoms with Crippen LogP contribution in [-0.4, -0.2) is 43.2 Å². The van der Waals surface area contributed by atoms with E-state index in [1.807, 2.05) is 6.92 Å². The van der Waals surface area contributed by atoms with Crippen molar-refractivity contribution in [3.63, 3.8) is 0 Å². The number of carbonyl (C=O) groups excluding carboxylic acids is 1. The van der Waals surface area contributed by atoms with Crippen molar-refractivity contribution in [1.82, 2.24) is 24.2 Å². The summed E-state index contributed by atoms with van der Waals surface area (Å²) in [5, 5.41) is 4.29. The van der Waals surface area contributed by atoms with Gasteiger partial charge in [-0.1, -0.05) is 0 Å². The van der Waals surface area contributed by atoms with Crippen molar-refractivity contribution in [3.05, 3.63) is 31.9 Å². The van der Waals surface area contributed by atoms with Gasteiger partial charge >= 0.3 is 11.9 Å². The second kappa shape index (κ2) is 6.53. The second-order valence-corrected chi connectivity index (χ2v) is 7.48. The third-order valence-corrected chi connectivity index (χ3v) is 5.51. The molecule has 0 unspecified atom stereocenters. The Bertz CT molecular complexity index is 890. The minimum Gasteiger partial charge on any atom is -0.338 e. The minimum atomic E-state index is -4.68. The number of rotatable bonds is 2. The van der Waals surface area contributed by atoms with Gasteiger partial charge in [-0.15, -0.1) is 16.4 Å². The maximum Gasteiger partial charge on any atom is 0.451 e. The third kappa shape index (κ3) is 3.27. The van der Waals surface area contributed by atoms with E-state index in [2.05, 4.69) is 10.1 Å². The molecule has 2 aromatic heterocycles. The highest BCUT2D eigenvalue weighted by Gasteiger charge is 2.39. The van der Waals surface area contributed by atoms with Crippen LogP contribution in [0.5, 0.6) is 0 Å². The normalized spacial score (nSPS) is 16.3. The van der Waals surface area contributed by atoms with Crippen molar-refractivity contribution in [3.8, 4) is 0 Å². The smallest absolute Gasteiger partial charge is 0.338 e. The van der Waals surface area contributed by atoms with Crippen LogP contribution in [-0.2, 0) is 13.2 Å². The molecule has 0 saturated carbocycles. The quantitative estimate of drug-likeness (QED) is 0.789. The summed E-state index contributed by atoms with van der Waals surface area (Å²) in [4.78, 5) is 31.2. The molecule has 0 N–H and O–H groups in total. The number of hydrogen-bond donors (Lipinski definition) is 0. The third-order valence-electron chi connectivity index (χ3n) is 4.45. The zero-order valence-electron chi connectivity index (χ0n) is 14.5. The number of amides is 1. The van der Waals surface area contributed by atoms with E-state index in [4.69, 9.17) is 0 Å². The summed E-state index contributed by atoms with van der Waals surface area (Å²) in [6.07, 6.45) is -3.94. The lowest BCUT2D eigenvalue weighted by Crippen LogP contribution is -2.41. The van der Waals surface area contributed by atoms with Crippen LogP contribution in [0.3, 0.4) is 0 Å². The van der Waals surface area contributed by atoms with Gasteiger partial charge in [0.05, 0.1) is 16.7 Å². The Labute approximate surface area is 151 Å². The fourth-order valence-corrected chi connectivity index (χ4v) is 4.02. The van der Waals surface area contributed by atoms with E-state index in [0.29, 0.717) is 41.1 Å². The first-order valence-corrected chi connectivity index (χ1v) is 8.87. The molecule has 1 aliphatic heterocycles. The molecule has 7 nitrogen and oxygen atoms in total. The number of aryl methyl sites for hydroxylation is 2. The highest BCUT2D eigenvalue weighted by Crippen LogP contribution is 2.29. The van der Waals surface area contributed by atoms with Gasteiger partial charge in [0.1, 0.15) is 4.88 Å². The van der Waals surface area contributed by atoms with Crippen molar-refractivity contribution >= 4 is 17.2 Å². The van der Waals surface area contributed by atoms with Gasteiger partial charge in [-0.25, -0.2) is 14.5 Å². The van der Waals surface area contributed by atoms with Crippen molar-refractivity contribution in [2.75, 3.05) is 13.1 Å². The fraction of sp³-hybridized carbons (Fsp3) is 0.600. The molecule has 0 bridgehead atoms. The SMILES string of the molecule is Cc1nc(C)c(C(=O)N2CCC(n3nc(C(F)(F)F)n(C)c3=O)CC2)s1.